The lowest BCUT2D eigenvalue weighted by Gasteiger charge is -2.24. The van der Waals surface area contributed by atoms with Crippen LogP contribution in [0.4, 0.5) is 0 Å². The molecule has 0 aliphatic heterocycles. The van der Waals surface area contributed by atoms with Crippen LogP contribution in [0.15, 0.2) is 24.3 Å². The molecule has 98 valence electrons. The van der Waals surface area contributed by atoms with Crippen molar-refractivity contribution in [1.82, 2.24) is 4.90 Å². The number of benzene rings is 1. The molecule has 0 bridgehead atoms. The Labute approximate surface area is 108 Å². The summed E-state index contributed by atoms with van der Waals surface area (Å²) in [6.07, 6.45) is 1.27. The van der Waals surface area contributed by atoms with Gasteiger partial charge in [-0.3, -0.25) is 9.59 Å². The molecule has 1 aromatic rings. The van der Waals surface area contributed by atoms with E-state index in [1.807, 2.05) is 26.0 Å². The first-order valence-corrected chi connectivity index (χ1v) is 6.02. The summed E-state index contributed by atoms with van der Waals surface area (Å²) < 4.78 is 0. The maximum Gasteiger partial charge on any atom is 0.239 e. The fourth-order valence-electron chi connectivity index (χ4n) is 1.59. The molecule has 4 heteroatoms. The first-order chi connectivity index (χ1) is 8.45. The molecule has 0 spiro atoms. The molecule has 1 amide bonds. The number of carbonyl (C=O) groups excluding carboxylic acids is 2. The molecule has 18 heavy (non-hydrogen) atoms. The van der Waals surface area contributed by atoms with Crippen molar-refractivity contribution in [1.29, 1.82) is 0 Å². The van der Waals surface area contributed by atoms with Gasteiger partial charge in [-0.15, -0.1) is 0 Å². The summed E-state index contributed by atoms with van der Waals surface area (Å²) >= 11 is 0. The van der Waals surface area contributed by atoms with E-state index >= 15 is 0 Å². The van der Waals surface area contributed by atoms with Gasteiger partial charge in [0, 0.05) is 18.7 Å². The molecule has 0 aliphatic carbocycles. The van der Waals surface area contributed by atoms with Gasteiger partial charge in [-0.25, -0.2) is 0 Å². The lowest BCUT2D eigenvalue weighted by Crippen LogP contribution is -2.45. The Bertz CT molecular complexity index is 412. The van der Waals surface area contributed by atoms with E-state index in [0.717, 1.165) is 11.8 Å². The topological polar surface area (TPSA) is 63.4 Å². The van der Waals surface area contributed by atoms with Crippen LogP contribution >= 0.6 is 0 Å². The van der Waals surface area contributed by atoms with Gasteiger partial charge in [0.05, 0.1) is 6.04 Å². The van der Waals surface area contributed by atoms with Crippen LogP contribution in [0.2, 0.25) is 0 Å². The van der Waals surface area contributed by atoms with Gasteiger partial charge < -0.3 is 10.6 Å². The van der Waals surface area contributed by atoms with Crippen molar-refractivity contribution < 1.29 is 9.59 Å². The average Bonchev–Trinajstić information content (AvgIpc) is 2.37. The molecule has 0 heterocycles. The first kappa shape index (κ1) is 14.4. The fourth-order valence-corrected chi connectivity index (χ4v) is 1.59. The molecule has 4 nitrogen and oxygen atoms in total. The standard InChI is InChI=1S/C14H20N2O2/c1-10(2)16(3)14(18)13(15)8-11-4-6-12(9-17)7-5-11/h4-7,9-10,13H,8,15H2,1-3H3. The predicted molar refractivity (Wildman–Crippen MR) is 71.4 cm³/mol. The quantitative estimate of drug-likeness (QED) is 0.797. The van der Waals surface area contributed by atoms with Crippen molar-refractivity contribution in [2.75, 3.05) is 7.05 Å². The number of nitrogens with two attached hydrogens (primary N) is 1. The van der Waals surface area contributed by atoms with Gasteiger partial charge >= 0.3 is 0 Å². The largest absolute Gasteiger partial charge is 0.342 e. The zero-order chi connectivity index (χ0) is 13.7. The molecular formula is C14H20N2O2. The summed E-state index contributed by atoms with van der Waals surface area (Å²) in [5, 5.41) is 0. The third-order valence-corrected chi connectivity index (χ3v) is 3.01. The molecule has 0 aromatic heterocycles. The second-order valence-electron chi connectivity index (χ2n) is 4.71. The Morgan fingerprint density at radius 1 is 1.33 bits per heavy atom. The summed E-state index contributed by atoms with van der Waals surface area (Å²) in [4.78, 5) is 24.1. The van der Waals surface area contributed by atoms with Crippen molar-refractivity contribution in [2.45, 2.75) is 32.4 Å². The monoisotopic (exact) mass is 248 g/mol. The van der Waals surface area contributed by atoms with Crippen molar-refractivity contribution >= 4 is 12.2 Å². The molecule has 0 saturated heterocycles. The van der Waals surface area contributed by atoms with Crippen LogP contribution in [-0.2, 0) is 11.2 Å². The van der Waals surface area contributed by atoms with Gasteiger partial charge in [-0.1, -0.05) is 24.3 Å². The highest BCUT2D eigenvalue weighted by Gasteiger charge is 2.19. The van der Waals surface area contributed by atoms with Crippen LogP contribution in [0, 0.1) is 0 Å². The van der Waals surface area contributed by atoms with E-state index < -0.39 is 6.04 Å². The highest BCUT2D eigenvalue weighted by molar-refractivity contribution is 5.82. The smallest absolute Gasteiger partial charge is 0.239 e. The van der Waals surface area contributed by atoms with Crippen LogP contribution < -0.4 is 5.73 Å². The molecule has 1 rings (SSSR count). The number of hydrogen-bond donors (Lipinski definition) is 1. The normalized spacial score (nSPS) is 12.3. The number of likely N-dealkylation sites (N-methyl/N-ethyl adjacent to an activating group) is 1. The van der Waals surface area contributed by atoms with Crippen molar-refractivity contribution in [3.05, 3.63) is 35.4 Å². The van der Waals surface area contributed by atoms with E-state index in [4.69, 9.17) is 5.73 Å². The molecule has 0 saturated carbocycles. The van der Waals surface area contributed by atoms with Crippen LogP contribution in [0.25, 0.3) is 0 Å². The lowest BCUT2D eigenvalue weighted by molar-refractivity contribution is -0.132. The lowest BCUT2D eigenvalue weighted by atomic mass is 10.0. The second-order valence-corrected chi connectivity index (χ2v) is 4.71. The summed E-state index contributed by atoms with van der Waals surface area (Å²) in [5.41, 5.74) is 7.48. The Morgan fingerprint density at radius 2 is 1.89 bits per heavy atom. The second kappa shape index (κ2) is 6.31. The SMILES string of the molecule is CC(C)N(C)C(=O)C(N)Cc1ccc(C=O)cc1. The Hall–Kier alpha value is -1.68. The number of aldehydes is 1. The molecular weight excluding hydrogens is 228 g/mol. The molecule has 0 aliphatic rings. The Kier molecular flexibility index (Phi) is 5.04. The highest BCUT2D eigenvalue weighted by Crippen LogP contribution is 2.07. The molecule has 1 aromatic carbocycles. The third-order valence-electron chi connectivity index (χ3n) is 3.01. The van der Waals surface area contributed by atoms with Crippen LogP contribution in [0.1, 0.15) is 29.8 Å². The van der Waals surface area contributed by atoms with E-state index in [1.54, 1.807) is 24.1 Å². The van der Waals surface area contributed by atoms with E-state index in [1.165, 1.54) is 0 Å². The summed E-state index contributed by atoms with van der Waals surface area (Å²) in [6, 6.07) is 6.70. The minimum atomic E-state index is -0.542. The van der Waals surface area contributed by atoms with E-state index in [2.05, 4.69) is 0 Å². The number of amides is 1. The van der Waals surface area contributed by atoms with Crippen molar-refractivity contribution in [3.8, 4) is 0 Å². The van der Waals surface area contributed by atoms with Gasteiger partial charge in [-0.2, -0.15) is 0 Å². The Morgan fingerprint density at radius 3 is 2.33 bits per heavy atom. The minimum absolute atomic E-state index is 0.0653. The molecule has 1 atom stereocenters. The summed E-state index contributed by atoms with van der Waals surface area (Å²) in [6.45, 7) is 3.90. The number of rotatable bonds is 5. The predicted octanol–water partition coefficient (Wildman–Crippen LogP) is 1.24. The maximum atomic E-state index is 12.0. The zero-order valence-electron chi connectivity index (χ0n) is 11.1. The van der Waals surface area contributed by atoms with Crippen molar-refractivity contribution in [2.24, 2.45) is 5.73 Å². The van der Waals surface area contributed by atoms with Gasteiger partial charge in [-0.05, 0) is 25.8 Å². The number of carbonyl (C=O) groups is 2. The van der Waals surface area contributed by atoms with Gasteiger partial charge in [0.1, 0.15) is 6.29 Å². The Balaban J connectivity index is 2.66. The van der Waals surface area contributed by atoms with Crippen LogP contribution in [-0.4, -0.2) is 36.2 Å². The molecule has 2 N–H and O–H groups in total. The van der Waals surface area contributed by atoms with Crippen molar-refractivity contribution in [3.63, 3.8) is 0 Å². The third kappa shape index (κ3) is 3.67. The first-order valence-electron chi connectivity index (χ1n) is 6.02. The van der Waals surface area contributed by atoms with Crippen LogP contribution in [0.3, 0.4) is 0 Å². The molecule has 0 fully saturated rings. The maximum absolute atomic E-state index is 12.0. The van der Waals surface area contributed by atoms with E-state index in [-0.39, 0.29) is 11.9 Å². The van der Waals surface area contributed by atoms with E-state index in [9.17, 15) is 9.59 Å². The van der Waals surface area contributed by atoms with E-state index in [0.29, 0.717) is 12.0 Å². The zero-order valence-corrected chi connectivity index (χ0v) is 11.1. The highest BCUT2D eigenvalue weighted by atomic mass is 16.2. The molecule has 1 unspecified atom stereocenters. The average molecular weight is 248 g/mol. The van der Waals surface area contributed by atoms with Gasteiger partial charge in [0.15, 0.2) is 0 Å². The fraction of sp³-hybridized carbons (Fsp3) is 0.429. The van der Waals surface area contributed by atoms with Gasteiger partial charge in [0.2, 0.25) is 5.91 Å². The molecule has 0 radical (unpaired) electrons. The summed E-state index contributed by atoms with van der Waals surface area (Å²) in [5.74, 6) is -0.0653. The minimum Gasteiger partial charge on any atom is -0.342 e. The number of nitrogens with zero attached hydrogens (tertiary/aromatic N) is 1. The number of hydrogen-bond acceptors (Lipinski definition) is 3. The summed E-state index contributed by atoms with van der Waals surface area (Å²) in [7, 11) is 1.75. The van der Waals surface area contributed by atoms with Crippen LogP contribution in [0.5, 0.6) is 0 Å². The van der Waals surface area contributed by atoms with Gasteiger partial charge in [0.25, 0.3) is 0 Å².